The molecular weight excluding hydrogens is 524 g/mol. The highest BCUT2D eigenvalue weighted by atomic mass is 16.6. The largest absolute Gasteiger partial charge is 0.462 e. The van der Waals surface area contributed by atoms with Gasteiger partial charge in [-0.25, -0.2) is 0 Å². The zero-order chi connectivity index (χ0) is 30.8. The van der Waals surface area contributed by atoms with E-state index in [0.29, 0.717) is 12.8 Å². The third-order valence-electron chi connectivity index (χ3n) is 7.72. The number of esters is 2. The smallest absolute Gasteiger partial charge is 0.306 e. The van der Waals surface area contributed by atoms with E-state index in [4.69, 9.17) is 9.47 Å². The molecule has 5 heteroatoms. The van der Waals surface area contributed by atoms with Crippen LogP contribution in [-0.4, -0.2) is 36.4 Å². The van der Waals surface area contributed by atoms with Crippen molar-refractivity contribution in [3.05, 3.63) is 24.3 Å². The Bertz CT molecular complexity index is 642. The number of carbonyl (C=O) groups is 2. The average Bonchev–Trinajstić information content (AvgIpc) is 2.99. The summed E-state index contributed by atoms with van der Waals surface area (Å²) in [6, 6.07) is 0. The summed E-state index contributed by atoms with van der Waals surface area (Å²) in [6.07, 6.45) is 38.0. The minimum Gasteiger partial charge on any atom is -0.462 e. The Kier molecular flexibility index (Phi) is 32.6. The maximum Gasteiger partial charge on any atom is 0.306 e. The molecule has 0 aromatic rings. The molecule has 42 heavy (non-hydrogen) atoms. The number of unbranched alkanes of at least 4 members (excludes halogenated alkanes) is 20. The minimum absolute atomic E-state index is 0.0698. The number of aliphatic hydroxyl groups is 1. The van der Waals surface area contributed by atoms with E-state index in [-0.39, 0.29) is 25.2 Å². The van der Waals surface area contributed by atoms with Gasteiger partial charge in [0.05, 0.1) is 6.61 Å². The van der Waals surface area contributed by atoms with Gasteiger partial charge in [-0.3, -0.25) is 9.59 Å². The number of rotatable bonds is 32. The van der Waals surface area contributed by atoms with Gasteiger partial charge in [0.15, 0.2) is 6.10 Å². The van der Waals surface area contributed by atoms with Gasteiger partial charge in [-0.1, -0.05) is 134 Å². The van der Waals surface area contributed by atoms with Crippen molar-refractivity contribution in [2.75, 3.05) is 13.2 Å². The lowest BCUT2D eigenvalue weighted by molar-refractivity contribution is -0.161. The van der Waals surface area contributed by atoms with Crippen LogP contribution < -0.4 is 0 Å². The highest BCUT2D eigenvalue weighted by molar-refractivity contribution is 5.70. The van der Waals surface area contributed by atoms with Gasteiger partial charge in [0, 0.05) is 12.8 Å². The Balaban J connectivity index is 3.57. The minimum atomic E-state index is -0.772. The molecular formula is C37H68O5. The fourth-order valence-electron chi connectivity index (χ4n) is 4.94. The van der Waals surface area contributed by atoms with Crippen LogP contribution in [0, 0.1) is 0 Å². The number of hydrogen-bond donors (Lipinski definition) is 1. The first-order chi connectivity index (χ1) is 20.6. The van der Waals surface area contributed by atoms with Gasteiger partial charge >= 0.3 is 11.9 Å². The van der Waals surface area contributed by atoms with Gasteiger partial charge < -0.3 is 14.6 Å². The SMILES string of the molecule is CCCC/C=C/CCCCCCCC(=O)OC[C@H](CO)OC(=O)CCCCCCCCC/C=C/CCCCCCCC. The summed E-state index contributed by atoms with van der Waals surface area (Å²) in [6.45, 7) is 4.08. The van der Waals surface area contributed by atoms with E-state index < -0.39 is 6.10 Å². The third-order valence-corrected chi connectivity index (χ3v) is 7.72. The highest BCUT2D eigenvalue weighted by Gasteiger charge is 2.16. The van der Waals surface area contributed by atoms with Crippen LogP contribution >= 0.6 is 0 Å². The third kappa shape index (κ3) is 31.3. The lowest BCUT2D eigenvalue weighted by Crippen LogP contribution is -2.28. The summed E-state index contributed by atoms with van der Waals surface area (Å²) in [7, 11) is 0. The number of allylic oxidation sites excluding steroid dienone is 4. The van der Waals surface area contributed by atoms with Crippen LogP contribution in [0.2, 0.25) is 0 Å². The molecule has 0 aliphatic rings. The Morgan fingerprint density at radius 3 is 1.36 bits per heavy atom. The molecule has 0 saturated carbocycles. The van der Waals surface area contributed by atoms with Crippen LogP contribution in [-0.2, 0) is 19.1 Å². The van der Waals surface area contributed by atoms with Gasteiger partial charge in [-0.15, -0.1) is 0 Å². The number of hydrogen-bond acceptors (Lipinski definition) is 5. The molecule has 5 nitrogen and oxygen atoms in total. The Morgan fingerprint density at radius 2 is 0.905 bits per heavy atom. The molecule has 0 heterocycles. The molecule has 1 atom stereocenters. The second-order valence-corrected chi connectivity index (χ2v) is 11.9. The van der Waals surface area contributed by atoms with E-state index in [2.05, 4.69) is 38.2 Å². The summed E-state index contributed by atoms with van der Waals surface area (Å²) in [4.78, 5) is 24.1. The fourth-order valence-corrected chi connectivity index (χ4v) is 4.94. The van der Waals surface area contributed by atoms with Crippen molar-refractivity contribution >= 4 is 11.9 Å². The predicted molar refractivity (Wildman–Crippen MR) is 178 cm³/mol. The van der Waals surface area contributed by atoms with Crippen molar-refractivity contribution in [2.45, 2.75) is 187 Å². The lowest BCUT2D eigenvalue weighted by Gasteiger charge is -2.15. The van der Waals surface area contributed by atoms with Crippen molar-refractivity contribution in [1.29, 1.82) is 0 Å². The van der Waals surface area contributed by atoms with Crippen LogP contribution in [0.25, 0.3) is 0 Å². The number of ether oxygens (including phenoxy) is 2. The van der Waals surface area contributed by atoms with Crippen LogP contribution in [0.1, 0.15) is 181 Å². The van der Waals surface area contributed by atoms with Gasteiger partial charge in [0.25, 0.3) is 0 Å². The molecule has 0 rings (SSSR count). The monoisotopic (exact) mass is 593 g/mol. The summed E-state index contributed by atoms with van der Waals surface area (Å²) >= 11 is 0. The lowest BCUT2D eigenvalue weighted by atomic mass is 10.1. The van der Waals surface area contributed by atoms with Crippen molar-refractivity contribution in [1.82, 2.24) is 0 Å². The van der Waals surface area contributed by atoms with E-state index >= 15 is 0 Å². The quantitative estimate of drug-likeness (QED) is 0.0478. The molecule has 0 aromatic heterocycles. The standard InChI is InChI=1S/C37H68O5/c1-3-5-7-9-11-13-15-16-17-18-19-20-22-24-26-28-30-32-37(40)42-35(33-38)34-41-36(39)31-29-27-25-23-21-14-12-10-8-6-4-2/h10,12,16-17,35,38H,3-9,11,13-15,18-34H2,1-2H3/b12-10+,17-16+/t35-/m0/s1. The molecule has 0 fully saturated rings. The fraction of sp³-hybridized carbons (Fsp3) is 0.838. The van der Waals surface area contributed by atoms with Crippen LogP contribution in [0.3, 0.4) is 0 Å². The first kappa shape index (κ1) is 40.4. The topological polar surface area (TPSA) is 72.8 Å². The van der Waals surface area contributed by atoms with E-state index in [1.54, 1.807) is 0 Å². The number of aliphatic hydroxyl groups excluding tert-OH is 1. The first-order valence-corrected chi connectivity index (χ1v) is 17.9. The van der Waals surface area contributed by atoms with Gasteiger partial charge in [-0.05, 0) is 57.8 Å². The van der Waals surface area contributed by atoms with Crippen LogP contribution in [0.5, 0.6) is 0 Å². The Hall–Kier alpha value is -1.62. The van der Waals surface area contributed by atoms with Gasteiger partial charge in [-0.2, -0.15) is 0 Å². The molecule has 0 amide bonds. The zero-order valence-corrected chi connectivity index (χ0v) is 27.8. The Morgan fingerprint density at radius 1 is 0.524 bits per heavy atom. The molecule has 0 radical (unpaired) electrons. The summed E-state index contributed by atoms with van der Waals surface area (Å²) in [5.41, 5.74) is 0. The molecule has 0 unspecified atom stereocenters. The highest BCUT2D eigenvalue weighted by Crippen LogP contribution is 2.13. The van der Waals surface area contributed by atoms with Crippen molar-refractivity contribution in [3.8, 4) is 0 Å². The molecule has 0 aliphatic heterocycles. The normalized spacial score (nSPS) is 12.4. The van der Waals surface area contributed by atoms with Crippen molar-refractivity contribution < 1.29 is 24.2 Å². The van der Waals surface area contributed by atoms with Crippen LogP contribution in [0.15, 0.2) is 24.3 Å². The summed E-state index contributed by atoms with van der Waals surface area (Å²) in [5, 5.41) is 9.51. The van der Waals surface area contributed by atoms with E-state index in [9.17, 15) is 14.7 Å². The van der Waals surface area contributed by atoms with Crippen molar-refractivity contribution in [3.63, 3.8) is 0 Å². The second-order valence-electron chi connectivity index (χ2n) is 11.9. The predicted octanol–water partition coefficient (Wildman–Crippen LogP) is 10.7. The molecule has 0 saturated heterocycles. The molecule has 246 valence electrons. The van der Waals surface area contributed by atoms with E-state index in [1.807, 2.05) is 0 Å². The average molecular weight is 593 g/mol. The molecule has 0 spiro atoms. The molecule has 0 aliphatic carbocycles. The maximum atomic E-state index is 12.1. The van der Waals surface area contributed by atoms with E-state index in [0.717, 1.165) is 44.9 Å². The van der Waals surface area contributed by atoms with E-state index in [1.165, 1.54) is 109 Å². The first-order valence-electron chi connectivity index (χ1n) is 17.9. The zero-order valence-electron chi connectivity index (χ0n) is 27.8. The summed E-state index contributed by atoms with van der Waals surface area (Å²) < 4.78 is 10.5. The molecule has 0 bridgehead atoms. The van der Waals surface area contributed by atoms with Crippen molar-refractivity contribution in [2.24, 2.45) is 0 Å². The second kappa shape index (κ2) is 33.9. The Labute approximate surface area is 260 Å². The molecule has 0 aromatic carbocycles. The maximum absolute atomic E-state index is 12.1. The van der Waals surface area contributed by atoms with Gasteiger partial charge in [0.2, 0.25) is 0 Å². The van der Waals surface area contributed by atoms with Crippen LogP contribution in [0.4, 0.5) is 0 Å². The summed E-state index contributed by atoms with van der Waals surface area (Å²) in [5.74, 6) is -0.606. The molecule has 1 N–H and O–H groups in total. The van der Waals surface area contributed by atoms with Gasteiger partial charge in [0.1, 0.15) is 6.61 Å². The number of carbonyl (C=O) groups excluding carboxylic acids is 2.